The molecule has 1 heterocycles. The first-order valence-electron chi connectivity index (χ1n) is 8.46. The van der Waals surface area contributed by atoms with Gasteiger partial charge in [-0.25, -0.2) is 4.98 Å². The first-order chi connectivity index (χ1) is 11.9. The zero-order chi connectivity index (χ0) is 18.4. The number of aromatic nitrogens is 1. The van der Waals surface area contributed by atoms with Crippen molar-refractivity contribution in [1.29, 1.82) is 0 Å². The molecule has 1 unspecified atom stereocenters. The molecule has 1 aromatic carbocycles. The SMILES string of the molecule is CN=C(NCC(c1ccc(C)cc1)N(C)C)N(C)Cc1csc(C)n1. The zero-order valence-corrected chi connectivity index (χ0v) is 16.9. The molecule has 1 aromatic heterocycles. The Balaban J connectivity index is 2.00. The van der Waals surface area contributed by atoms with E-state index in [1.54, 1.807) is 11.3 Å². The highest BCUT2D eigenvalue weighted by Crippen LogP contribution is 2.18. The largest absolute Gasteiger partial charge is 0.354 e. The fraction of sp³-hybridized carbons (Fsp3) is 0.474. The van der Waals surface area contributed by atoms with Crippen LogP contribution in [-0.4, -0.2) is 55.5 Å². The monoisotopic (exact) mass is 359 g/mol. The maximum atomic E-state index is 4.53. The van der Waals surface area contributed by atoms with Gasteiger partial charge in [0.05, 0.1) is 23.3 Å². The molecular formula is C19H29N5S. The van der Waals surface area contributed by atoms with Crippen LogP contribution in [0.15, 0.2) is 34.6 Å². The van der Waals surface area contributed by atoms with Crippen LogP contribution in [0, 0.1) is 13.8 Å². The van der Waals surface area contributed by atoms with E-state index in [2.05, 4.69) is 75.8 Å². The molecule has 0 saturated heterocycles. The summed E-state index contributed by atoms with van der Waals surface area (Å²) in [5.41, 5.74) is 3.66. The molecule has 2 rings (SSSR count). The summed E-state index contributed by atoms with van der Waals surface area (Å²) < 4.78 is 0. The number of hydrogen-bond acceptors (Lipinski definition) is 4. The van der Waals surface area contributed by atoms with Crippen LogP contribution in [-0.2, 0) is 6.54 Å². The molecule has 1 N–H and O–H groups in total. The van der Waals surface area contributed by atoms with E-state index >= 15 is 0 Å². The van der Waals surface area contributed by atoms with Crippen LogP contribution in [0.3, 0.4) is 0 Å². The van der Waals surface area contributed by atoms with Crippen molar-refractivity contribution in [3.63, 3.8) is 0 Å². The highest BCUT2D eigenvalue weighted by atomic mass is 32.1. The molecule has 0 aliphatic carbocycles. The Morgan fingerprint density at radius 2 is 1.88 bits per heavy atom. The molecule has 0 radical (unpaired) electrons. The van der Waals surface area contributed by atoms with Crippen molar-refractivity contribution in [2.24, 2.45) is 4.99 Å². The molecule has 6 heteroatoms. The van der Waals surface area contributed by atoms with Crippen molar-refractivity contribution in [2.75, 3.05) is 34.7 Å². The number of guanidine groups is 1. The molecule has 0 saturated carbocycles. The third-order valence-corrected chi connectivity index (χ3v) is 5.00. The number of likely N-dealkylation sites (N-methyl/N-ethyl adjacent to an activating group) is 1. The second-order valence-electron chi connectivity index (χ2n) is 6.53. The van der Waals surface area contributed by atoms with Gasteiger partial charge in [0.1, 0.15) is 0 Å². The molecule has 5 nitrogen and oxygen atoms in total. The van der Waals surface area contributed by atoms with Crippen molar-refractivity contribution in [3.05, 3.63) is 51.5 Å². The molecule has 0 aliphatic heterocycles. The summed E-state index contributed by atoms with van der Waals surface area (Å²) in [6, 6.07) is 9.01. The van der Waals surface area contributed by atoms with E-state index in [-0.39, 0.29) is 6.04 Å². The lowest BCUT2D eigenvalue weighted by Gasteiger charge is -2.28. The molecule has 0 fully saturated rings. The van der Waals surface area contributed by atoms with Crippen molar-refractivity contribution in [3.8, 4) is 0 Å². The summed E-state index contributed by atoms with van der Waals surface area (Å²) in [5.74, 6) is 0.879. The van der Waals surface area contributed by atoms with Gasteiger partial charge in [0.2, 0.25) is 0 Å². The summed E-state index contributed by atoms with van der Waals surface area (Å²) in [4.78, 5) is 13.3. The molecular weight excluding hydrogens is 330 g/mol. The van der Waals surface area contributed by atoms with Crippen LogP contribution in [0.1, 0.15) is 27.9 Å². The van der Waals surface area contributed by atoms with Crippen molar-refractivity contribution >= 4 is 17.3 Å². The minimum atomic E-state index is 0.285. The molecule has 1 atom stereocenters. The summed E-state index contributed by atoms with van der Waals surface area (Å²) in [6.45, 7) is 5.69. The summed E-state index contributed by atoms with van der Waals surface area (Å²) >= 11 is 1.68. The molecule has 2 aromatic rings. The van der Waals surface area contributed by atoms with Gasteiger partial charge in [-0.1, -0.05) is 29.8 Å². The van der Waals surface area contributed by atoms with Gasteiger partial charge in [-0.3, -0.25) is 4.99 Å². The van der Waals surface area contributed by atoms with Gasteiger partial charge in [0, 0.05) is 26.0 Å². The van der Waals surface area contributed by atoms with Crippen LogP contribution >= 0.6 is 11.3 Å². The van der Waals surface area contributed by atoms with Crippen LogP contribution in [0.4, 0.5) is 0 Å². The van der Waals surface area contributed by atoms with Gasteiger partial charge < -0.3 is 15.1 Å². The first-order valence-corrected chi connectivity index (χ1v) is 9.34. The number of hydrogen-bond donors (Lipinski definition) is 1. The van der Waals surface area contributed by atoms with Crippen molar-refractivity contribution < 1.29 is 0 Å². The van der Waals surface area contributed by atoms with E-state index in [1.165, 1.54) is 11.1 Å². The average Bonchev–Trinajstić information content (AvgIpc) is 2.97. The van der Waals surface area contributed by atoms with E-state index in [0.717, 1.165) is 29.8 Å². The maximum absolute atomic E-state index is 4.53. The van der Waals surface area contributed by atoms with Gasteiger partial charge >= 0.3 is 0 Å². The Bertz CT molecular complexity index is 690. The highest BCUT2D eigenvalue weighted by molar-refractivity contribution is 7.09. The normalized spacial score (nSPS) is 13.2. The molecule has 0 aliphatic rings. The third kappa shape index (κ3) is 5.54. The fourth-order valence-corrected chi connectivity index (χ4v) is 3.36. The molecule has 0 amide bonds. The Hall–Kier alpha value is -1.92. The molecule has 0 spiro atoms. The van der Waals surface area contributed by atoms with E-state index in [4.69, 9.17) is 0 Å². The second-order valence-corrected chi connectivity index (χ2v) is 7.59. The van der Waals surface area contributed by atoms with Gasteiger partial charge in [-0.2, -0.15) is 0 Å². The minimum absolute atomic E-state index is 0.285. The van der Waals surface area contributed by atoms with Crippen LogP contribution in [0.5, 0.6) is 0 Å². The fourth-order valence-electron chi connectivity index (χ4n) is 2.76. The molecule has 25 heavy (non-hydrogen) atoms. The second kappa shape index (κ2) is 8.97. The summed E-state index contributed by atoms with van der Waals surface area (Å²) in [5, 5.41) is 6.70. The van der Waals surface area contributed by atoms with Crippen molar-refractivity contribution in [1.82, 2.24) is 20.1 Å². The Kier molecular flexibility index (Phi) is 6.96. The lowest BCUT2D eigenvalue weighted by Crippen LogP contribution is -2.42. The van der Waals surface area contributed by atoms with Gasteiger partial charge in [0.25, 0.3) is 0 Å². The van der Waals surface area contributed by atoms with Gasteiger partial charge in [0.15, 0.2) is 5.96 Å². The number of benzene rings is 1. The lowest BCUT2D eigenvalue weighted by molar-refractivity contribution is 0.295. The van der Waals surface area contributed by atoms with Gasteiger partial charge in [-0.15, -0.1) is 11.3 Å². The van der Waals surface area contributed by atoms with Gasteiger partial charge in [-0.05, 0) is 33.5 Å². The quantitative estimate of drug-likeness (QED) is 0.636. The van der Waals surface area contributed by atoms with E-state index in [9.17, 15) is 0 Å². The summed E-state index contributed by atoms with van der Waals surface area (Å²) in [7, 11) is 8.08. The van der Waals surface area contributed by atoms with E-state index < -0.39 is 0 Å². The maximum Gasteiger partial charge on any atom is 0.193 e. The topological polar surface area (TPSA) is 43.8 Å². The minimum Gasteiger partial charge on any atom is -0.354 e. The van der Waals surface area contributed by atoms with E-state index in [1.807, 2.05) is 21.0 Å². The Morgan fingerprint density at radius 1 is 1.20 bits per heavy atom. The summed E-state index contributed by atoms with van der Waals surface area (Å²) in [6.07, 6.45) is 0. The predicted octanol–water partition coefficient (Wildman–Crippen LogP) is 3.07. The average molecular weight is 360 g/mol. The number of nitrogens with one attached hydrogen (secondary N) is 1. The predicted molar refractivity (Wildman–Crippen MR) is 107 cm³/mol. The number of nitrogens with zero attached hydrogens (tertiary/aromatic N) is 4. The number of aliphatic imine (C=N–C) groups is 1. The first kappa shape index (κ1) is 19.4. The molecule has 136 valence electrons. The van der Waals surface area contributed by atoms with E-state index in [0.29, 0.717) is 0 Å². The highest BCUT2D eigenvalue weighted by Gasteiger charge is 2.16. The Labute approximate surface area is 155 Å². The zero-order valence-electron chi connectivity index (χ0n) is 16.1. The number of thiazole rings is 1. The number of rotatable bonds is 6. The van der Waals surface area contributed by atoms with Crippen LogP contribution in [0.25, 0.3) is 0 Å². The van der Waals surface area contributed by atoms with Crippen LogP contribution in [0.2, 0.25) is 0 Å². The van der Waals surface area contributed by atoms with Crippen LogP contribution < -0.4 is 5.32 Å². The third-order valence-electron chi connectivity index (χ3n) is 4.18. The lowest BCUT2D eigenvalue weighted by atomic mass is 10.0. The standard InChI is InChI=1S/C19H29N5S/c1-14-7-9-16(10-8-14)18(23(4)5)11-21-19(20-3)24(6)12-17-13-25-15(2)22-17/h7-10,13,18H,11-12H2,1-6H3,(H,20,21). The number of aryl methyl sites for hydroxylation is 2. The molecule has 0 bridgehead atoms. The smallest absolute Gasteiger partial charge is 0.193 e. The van der Waals surface area contributed by atoms with Crippen molar-refractivity contribution in [2.45, 2.75) is 26.4 Å². The Morgan fingerprint density at radius 3 is 2.40 bits per heavy atom.